The van der Waals surface area contributed by atoms with E-state index in [-0.39, 0.29) is 5.75 Å². The van der Waals surface area contributed by atoms with Crippen LogP contribution in [0.1, 0.15) is 5.56 Å². The van der Waals surface area contributed by atoms with Crippen LogP contribution in [0.5, 0.6) is 5.75 Å². The second-order valence-electron chi connectivity index (χ2n) is 2.50. The van der Waals surface area contributed by atoms with Gasteiger partial charge in [0.25, 0.3) is 0 Å². The fourth-order valence-electron chi connectivity index (χ4n) is 1.19. The third kappa shape index (κ3) is 0.992. The summed E-state index contributed by atoms with van der Waals surface area (Å²) in [7, 11) is 0. The van der Waals surface area contributed by atoms with Gasteiger partial charge < -0.3 is 10.1 Å². The summed E-state index contributed by atoms with van der Waals surface area (Å²) in [6.45, 7) is 0. The molecule has 0 spiro atoms. The summed E-state index contributed by atoms with van der Waals surface area (Å²) in [6, 6.07) is 3.47. The Labute approximate surface area is 77.6 Å². The number of aromatic hydroxyl groups is 1. The first-order valence-electron chi connectivity index (χ1n) is 3.53. The standard InChI is InChI=1S/C8H7BrN2O/c9-3-5-7(12)2-1-6-8(5)11-4-10-6/h1-2,4,12H,3H2,(H,10,11). The van der Waals surface area contributed by atoms with Gasteiger partial charge in [-0.2, -0.15) is 0 Å². The van der Waals surface area contributed by atoms with Gasteiger partial charge in [-0.15, -0.1) is 0 Å². The zero-order chi connectivity index (χ0) is 8.55. The lowest BCUT2D eigenvalue weighted by molar-refractivity contribution is 0.472. The molecule has 4 heteroatoms. The fourth-order valence-corrected chi connectivity index (χ4v) is 1.74. The van der Waals surface area contributed by atoms with Crippen LogP contribution in [0, 0.1) is 0 Å². The van der Waals surface area contributed by atoms with Crippen LogP contribution < -0.4 is 0 Å². The molecule has 12 heavy (non-hydrogen) atoms. The Hall–Kier alpha value is -1.03. The largest absolute Gasteiger partial charge is 0.508 e. The lowest BCUT2D eigenvalue weighted by atomic mass is 10.2. The number of nitrogens with one attached hydrogen (secondary N) is 1. The Morgan fingerprint density at radius 2 is 2.33 bits per heavy atom. The fraction of sp³-hybridized carbons (Fsp3) is 0.125. The van der Waals surface area contributed by atoms with Crippen LogP contribution in [0.25, 0.3) is 11.0 Å². The first-order chi connectivity index (χ1) is 5.83. The van der Waals surface area contributed by atoms with Gasteiger partial charge in [0.05, 0.1) is 17.4 Å². The molecule has 2 N–H and O–H groups in total. The predicted molar refractivity (Wildman–Crippen MR) is 50.4 cm³/mol. The molecule has 0 unspecified atom stereocenters. The van der Waals surface area contributed by atoms with E-state index in [1.54, 1.807) is 12.4 Å². The van der Waals surface area contributed by atoms with Crippen LogP contribution in [0.4, 0.5) is 0 Å². The molecule has 0 fully saturated rings. The van der Waals surface area contributed by atoms with Crippen molar-refractivity contribution in [2.24, 2.45) is 0 Å². The highest BCUT2D eigenvalue weighted by Crippen LogP contribution is 2.26. The van der Waals surface area contributed by atoms with E-state index in [4.69, 9.17) is 0 Å². The minimum Gasteiger partial charge on any atom is -0.508 e. The Morgan fingerprint density at radius 3 is 3.08 bits per heavy atom. The first-order valence-corrected chi connectivity index (χ1v) is 4.65. The Morgan fingerprint density at radius 1 is 1.50 bits per heavy atom. The molecule has 0 radical (unpaired) electrons. The van der Waals surface area contributed by atoms with E-state index >= 15 is 0 Å². The number of fused-ring (bicyclic) bond motifs is 1. The molecule has 1 heterocycles. The summed E-state index contributed by atoms with van der Waals surface area (Å²) in [5.74, 6) is 0.284. The minimum atomic E-state index is 0.284. The molecule has 0 atom stereocenters. The van der Waals surface area contributed by atoms with Crippen molar-refractivity contribution in [3.8, 4) is 5.75 Å². The third-order valence-electron chi connectivity index (χ3n) is 1.81. The number of aromatic nitrogens is 2. The molecule has 0 saturated carbocycles. The maximum atomic E-state index is 9.44. The highest BCUT2D eigenvalue weighted by atomic mass is 79.9. The number of rotatable bonds is 1. The lowest BCUT2D eigenvalue weighted by Crippen LogP contribution is -1.81. The van der Waals surface area contributed by atoms with Crippen molar-refractivity contribution in [1.82, 2.24) is 9.97 Å². The molecule has 0 aliphatic carbocycles. The molecule has 1 aromatic carbocycles. The quantitative estimate of drug-likeness (QED) is 0.733. The van der Waals surface area contributed by atoms with E-state index in [0.717, 1.165) is 16.6 Å². The van der Waals surface area contributed by atoms with Crippen molar-refractivity contribution in [2.45, 2.75) is 5.33 Å². The summed E-state index contributed by atoms with van der Waals surface area (Å²) < 4.78 is 0. The van der Waals surface area contributed by atoms with Crippen molar-refractivity contribution < 1.29 is 5.11 Å². The molecule has 2 rings (SSSR count). The Balaban J connectivity index is 2.83. The van der Waals surface area contributed by atoms with Crippen molar-refractivity contribution in [3.05, 3.63) is 24.0 Å². The van der Waals surface area contributed by atoms with Gasteiger partial charge >= 0.3 is 0 Å². The Bertz CT molecular complexity index is 410. The smallest absolute Gasteiger partial charge is 0.121 e. The van der Waals surface area contributed by atoms with Crippen molar-refractivity contribution >= 4 is 27.0 Å². The van der Waals surface area contributed by atoms with Crippen molar-refractivity contribution in [2.75, 3.05) is 0 Å². The molecular formula is C8H7BrN2O. The summed E-state index contributed by atoms with van der Waals surface area (Å²) >= 11 is 3.30. The molecule has 62 valence electrons. The number of alkyl halides is 1. The minimum absolute atomic E-state index is 0.284. The monoisotopic (exact) mass is 226 g/mol. The summed E-state index contributed by atoms with van der Waals surface area (Å²) in [5, 5.41) is 10.1. The number of hydrogen-bond donors (Lipinski definition) is 2. The maximum Gasteiger partial charge on any atom is 0.121 e. The highest BCUT2D eigenvalue weighted by molar-refractivity contribution is 9.08. The molecule has 1 aromatic heterocycles. The summed E-state index contributed by atoms with van der Waals surface area (Å²) in [4.78, 5) is 7.08. The number of aromatic amines is 1. The van der Waals surface area contributed by atoms with E-state index in [1.807, 2.05) is 6.07 Å². The van der Waals surface area contributed by atoms with E-state index in [0.29, 0.717) is 5.33 Å². The normalized spacial score (nSPS) is 10.8. The van der Waals surface area contributed by atoms with Crippen LogP contribution >= 0.6 is 15.9 Å². The average Bonchev–Trinajstić information content (AvgIpc) is 2.52. The number of imidazole rings is 1. The van der Waals surface area contributed by atoms with Gasteiger partial charge in [-0.05, 0) is 12.1 Å². The molecule has 0 aliphatic rings. The number of phenols is 1. The SMILES string of the molecule is Oc1ccc2[nH]cnc2c1CBr. The van der Waals surface area contributed by atoms with E-state index in [1.165, 1.54) is 0 Å². The molecule has 0 amide bonds. The van der Waals surface area contributed by atoms with E-state index < -0.39 is 0 Å². The zero-order valence-corrected chi connectivity index (χ0v) is 7.80. The second kappa shape index (κ2) is 2.79. The number of phenolic OH excluding ortho intramolecular Hbond substituents is 1. The number of hydrogen-bond acceptors (Lipinski definition) is 2. The second-order valence-corrected chi connectivity index (χ2v) is 3.06. The highest BCUT2D eigenvalue weighted by Gasteiger charge is 2.06. The van der Waals surface area contributed by atoms with Gasteiger partial charge in [0, 0.05) is 10.9 Å². The molecular weight excluding hydrogens is 220 g/mol. The van der Waals surface area contributed by atoms with Gasteiger partial charge in [-0.25, -0.2) is 4.98 Å². The van der Waals surface area contributed by atoms with Gasteiger partial charge in [0.1, 0.15) is 5.75 Å². The topological polar surface area (TPSA) is 48.9 Å². The summed E-state index contributed by atoms with van der Waals surface area (Å²) in [6.07, 6.45) is 1.62. The van der Waals surface area contributed by atoms with Gasteiger partial charge in [0.15, 0.2) is 0 Å². The van der Waals surface area contributed by atoms with Gasteiger partial charge in [0.2, 0.25) is 0 Å². The number of benzene rings is 1. The van der Waals surface area contributed by atoms with Crippen LogP contribution in [-0.2, 0) is 5.33 Å². The average molecular weight is 227 g/mol. The van der Waals surface area contributed by atoms with Gasteiger partial charge in [-0.3, -0.25) is 0 Å². The van der Waals surface area contributed by atoms with Crippen LogP contribution in [0.15, 0.2) is 18.5 Å². The third-order valence-corrected chi connectivity index (χ3v) is 2.37. The molecule has 3 nitrogen and oxygen atoms in total. The zero-order valence-electron chi connectivity index (χ0n) is 6.21. The lowest BCUT2D eigenvalue weighted by Gasteiger charge is -1.99. The number of H-pyrrole nitrogens is 1. The molecule has 2 aromatic rings. The van der Waals surface area contributed by atoms with Crippen molar-refractivity contribution in [1.29, 1.82) is 0 Å². The molecule has 0 bridgehead atoms. The van der Waals surface area contributed by atoms with Crippen molar-refractivity contribution in [3.63, 3.8) is 0 Å². The first kappa shape index (κ1) is 7.61. The molecule has 0 saturated heterocycles. The number of nitrogens with zero attached hydrogens (tertiary/aromatic N) is 1. The number of halogens is 1. The van der Waals surface area contributed by atoms with Crippen LogP contribution in [0.2, 0.25) is 0 Å². The maximum absolute atomic E-state index is 9.44. The van der Waals surface area contributed by atoms with Gasteiger partial charge in [-0.1, -0.05) is 15.9 Å². The van der Waals surface area contributed by atoms with E-state index in [9.17, 15) is 5.11 Å². The predicted octanol–water partition coefficient (Wildman–Crippen LogP) is 2.16. The summed E-state index contributed by atoms with van der Waals surface area (Å²) in [5.41, 5.74) is 2.60. The Kier molecular flexibility index (Phi) is 1.77. The van der Waals surface area contributed by atoms with Crippen LogP contribution in [0.3, 0.4) is 0 Å². The van der Waals surface area contributed by atoms with E-state index in [2.05, 4.69) is 25.9 Å². The van der Waals surface area contributed by atoms with Crippen LogP contribution in [-0.4, -0.2) is 15.1 Å². The molecule has 0 aliphatic heterocycles.